The number of nitrogens with zero attached hydrogens (tertiary/aromatic N) is 2. The lowest BCUT2D eigenvalue weighted by atomic mass is 9.73. The number of likely N-dealkylation sites (tertiary alicyclic amines) is 1. The van der Waals surface area contributed by atoms with E-state index < -0.39 is 7.12 Å². The molecule has 1 aromatic rings. The molecule has 1 spiro atoms. The fourth-order valence-corrected chi connectivity index (χ4v) is 4.83. The lowest BCUT2D eigenvalue weighted by Crippen LogP contribution is -2.46. The number of carbonyl (C=O) groups excluding carboxylic acids is 1. The quantitative estimate of drug-likeness (QED) is 0.651. The summed E-state index contributed by atoms with van der Waals surface area (Å²) < 4.78 is 5.95. The molecule has 0 atom stereocenters. The molecular formula is C22H24BN3O4. The van der Waals surface area contributed by atoms with Crippen molar-refractivity contribution in [1.29, 1.82) is 0 Å². The second kappa shape index (κ2) is 7.23. The van der Waals surface area contributed by atoms with Gasteiger partial charge in [0.25, 0.3) is 5.91 Å². The van der Waals surface area contributed by atoms with Gasteiger partial charge in [0.1, 0.15) is 5.75 Å². The Labute approximate surface area is 175 Å². The number of carbonyl (C=O) groups is 1. The number of hydrogen-bond donors (Lipinski definition) is 3. The van der Waals surface area contributed by atoms with Gasteiger partial charge in [0.15, 0.2) is 0 Å². The molecule has 7 nitrogen and oxygen atoms in total. The van der Waals surface area contributed by atoms with E-state index in [1.54, 1.807) is 6.08 Å². The van der Waals surface area contributed by atoms with E-state index in [1.807, 2.05) is 23.1 Å². The molecule has 0 radical (unpaired) electrons. The Bertz CT molecular complexity index is 1030. The zero-order chi connectivity index (χ0) is 20.9. The largest absolute Gasteiger partial charge is 0.492 e. The van der Waals surface area contributed by atoms with E-state index in [9.17, 15) is 14.8 Å². The van der Waals surface area contributed by atoms with Crippen molar-refractivity contribution in [2.45, 2.75) is 31.2 Å². The smallest absolute Gasteiger partial charge is 0.490 e. The zero-order valence-corrected chi connectivity index (χ0v) is 16.7. The standard InChI is InChI=1S/C22H24BN3O4/c24-11-14-1-4-20-17(9-14)22(13-30-20)5-7-26(8-6-22)21(27)15-2-3-19-16(10-15)18(12-25-19)23(28)29/h1-2,4,9-10,12,28-29H,3,5-8,11,13,24H2. The molecular weight excluding hydrogens is 381 g/mol. The van der Waals surface area contributed by atoms with Crippen LogP contribution in [0.2, 0.25) is 0 Å². The van der Waals surface area contributed by atoms with Gasteiger partial charge in [-0.2, -0.15) is 0 Å². The molecule has 3 heterocycles. The summed E-state index contributed by atoms with van der Waals surface area (Å²) in [7, 11) is -1.59. The van der Waals surface area contributed by atoms with Crippen molar-refractivity contribution >= 4 is 18.7 Å². The van der Waals surface area contributed by atoms with Crippen molar-refractivity contribution in [2.24, 2.45) is 10.7 Å². The van der Waals surface area contributed by atoms with E-state index in [2.05, 4.69) is 11.1 Å². The van der Waals surface area contributed by atoms with Crippen LogP contribution in [0.1, 0.15) is 30.4 Å². The molecule has 0 unspecified atom stereocenters. The number of amides is 1. The average Bonchev–Trinajstić information content (AvgIpc) is 3.35. The molecule has 8 heteroatoms. The van der Waals surface area contributed by atoms with Crippen LogP contribution in [0.15, 0.2) is 58.2 Å². The SMILES string of the molecule is NCc1ccc2c(c1)C1(CCN(C(=O)C3=CCC4=NC=C(B(O)O)C4=C3)CC1)CO2. The number of hydrogen-bond acceptors (Lipinski definition) is 6. The van der Waals surface area contributed by atoms with Gasteiger partial charge < -0.3 is 25.4 Å². The van der Waals surface area contributed by atoms with Crippen molar-refractivity contribution in [3.05, 3.63) is 64.3 Å². The molecule has 0 aromatic heterocycles. The second-order valence-electron chi connectivity index (χ2n) is 8.35. The number of fused-ring (bicyclic) bond motifs is 3. The van der Waals surface area contributed by atoms with Crippen LogP contribution in [-0.4, -0.2) is 53.4 Å². The van der Waals surface area contributed by atoms with Crippen LogP contribution in [0.3, 0.4) is 0 Å². The monoisotopic (exact) mass is 405 g/mol. The summed E-state index contributed by atoms with van der Waals surface area (Å²) in [6, 6.07) is 6.17. The number of aliphatic imine (C=N–C) groups is 1. The molecule has 0 bridgehead atoms. The number of rotatable bonds is 3. The second-order valence-corrected chi connectivity index (χ2v) is 8.35. The molecule has 5 rings (SSSR count). The molecule has 3 aliphatic heterocycles. The maximum atomic E-state index is 13.1. The summed E-state index contributed by atoms with van der Waals surface area (Å²) in [5.41, 5.74) is 10.4. The number of piperidine rings is 1. The number of allylic oxidation sites excluding steroid dienone is 3. The molecule has 1 aromatic carbocycles. The maximum absolute atomic E-state index is 13.1. The topological polar surface area (TPSA) is 108 Å². The lowest BCUT2D eigenvalue weighted by Gasteiger charge is -2.39. The molecule has 4 N–H and O–H groups in total. The first-order valence-electron chi connectivity index (χ1n) is 10.3. The van der Waals surface area contributed by atoms with Gasteiger partial charge in [0.05, 0.1) is 12.3 Å². The molecule has 1 fully saturated rings. The average molecular weight is 405 g/mol. The number of nitrogens with two attached hydrogens (primary N) is 1. The summed E-state index contributed by atoms with van der Waals surface area (Å²) in [5.74, 6) is 0.909. The summed E-state index contributed by atoms with van der Waals surface area (Å²) >= 11 is 0. The minimum absolute atomic E-state index is 0.0232. The van der Waals surface area contributed by atoms with E-state index in [0.29, 0.717) is 49.3 Å². The Morgan fingerprint density at radius 3 is 2.83 bits per heavy atom. The van der Waals surface area contributed by atoms with Crippen molar-refractivity contribution in [3.8, 4) is 5.75 Å². The third kappa shape index (κ3) is 3.03. The molecule has 30 heavy (non-hydrogen) atoms. The molecule has 1 saturated heterocycles. The van der Waals surface area contributed by atoms with Crippen LogP contribution < -0.4 is 10.5 Å². The first-order valence-corrected chi connectivity index (χ1v) is 10.3. The zero-order valence-electron chi connectivity index (χ0n) is 16.7. The Balaban J connectivity index is 1.31. The minimum Gasteiger partial charge on any atom is -0.492 e. The molecule has 4 aliphatic rings. The summed E-state index contributed by atoms with van der Waals surface area (Å²) in [6.07, 6.45) is 7.27. The normalized spacial score (nSPS) is 21.2. The Hall–Kier alpha value is -2.68. The highest BCUT2D eigenvalue weighted by Crippen LogP contribution is 2.46. The van der Waals surface area contributed by atoms with E-state index in [4.69, 9.17) is 10.5 Å². The van der Waals surface area contributed by atoms with Crippen LogP contribution in [-0.2, 0) is 16.8 Å². The fourth-order valence-electron chi connectivity index (χ4n) is 4.83. The maximum Gasteiger partial charge on any atom is 0.490 e. The van der Waals surface area contributed by atoms with Crippen LogP contribution in [0.5, 0.6) is 5.75 Å². The summed E-state index contributed by atoms with van der Waals surface area (Å²) in [4.78, 5) is 19.3. The van der Waals surface area contributed by atoms with Gasteiger partial charge in [-0.05, 0) is 36.1 Å². The van der Waals surface area contributed by atoms with Gasteiger partial charge in [0.2, 0.25) is 0 Å². The Morgan fingerprint density at radius 2 is 2.10 bits per heavy atom. The van der Waals surface area contributed by atoms with E-state index in [-0.39, 0.29) is 11.3 Å². The van der Waals surface area contributed by atoms with Crippen LogP contribution in [0.4, 0.5) is 0 Å². The Morgan fingerprint density at radius 1 is 1.30 bits per heavy atom. The molecule has 1 amide bonds. The minimum atomic E-state index is -1.59. The fraction of sp³-hybridized carbons (Fsp3) is 0.364. The van der Waals surface area contributed by atoms with Crippen molar-refractivity contribution < 1.29 is 19.6 Å². The Kier molecular flexibility index (Phi) is 4.65. The van der Waals surface area contributed by atoms with Gasteiger partial charge in [-0.15, -0.1) is 0 Å². The van der Waals surface area contributed by atoms with Crippen LogP contribution in [0, 0.1) is 0 Å². The van der Waals surface area contributed by atoms with E-state index >= 15 is 0 Å². The van der Waals surface area contributed by atoms with E-state index in [1.165, 1.54) is 11.8 Å². The lowest BCUT2D eigenvalue weighted by molar-refractivity contribution is -0.128. The van der Waals surface area contributed by atoms with E-state index in [0.717, 1.165) is 29.9 Å². The summed E-state index contributed by atoms with van der Waals surface area (Å²) in [5, 5.41) is 19.1. The predicted octanol–water partition coefficient (Wildman–Crippen LogP) is 1.00. The van der Waals surface area contributed by atoms with Crippen molar-refractivity contribution in [3.63, 3.8) is 0 Å². The molecule has 0 saturated carbocycles. The number of ether oxygens (including phenoxy) is 1. The van der Waals surface area contributed by atoms with Crippen LogP contribution in [0.25, 0.3) is 0 Å². The van der Waals surface area contributed by atoms with Gasteiger partial charge >= 0.3 is 7.12 Å². The third-order valence-electron chi connectivity index (χ3n) is 6.68. The highest BCUT2D eigenvalue weighted by atomic mass is 16.5. The van der Waals surface area contributed by atoms with Crippen molar-refractivity contribution in [1.82, 2.24) is 4.90 Å². The summed E-state index contributed by atoms with van der Waals surface area (Å²) in [6.45, 7) is 2.46. The van der Waals surface area contributed by atoms with Gasteiger partial charge in [-0.1, -0.05) is 18.2 Å². The molecule has 154 valence electrons. The highest BCUT2D eigenvalue weighted by Gasteiger charge is 2.44. The van der Waals surface area contributed by atoms with Gasteiger partial charge in [0, 0.05) is 54.3 Å². The van der Waals surface area contributed by atoms with Gasteiger partial charge in [-0.3, -0.25) is 9.79 Å². The molecule has 1 aliphatic carbocycles. The van der Waals surface area contributed by atoms with Crippen LogP contribution >= 0.6 is 0 Å². The predicted molar refractivity (Wildman–Crippen MR) is 114 cm³/mol. The van der Waals surface area contributed by atoms with Crippen molar-refractivity contribution in [2.75, 3.05) is 19.7 Å². The first kappa shape index (κ1) is 19.3. The number of benzene rings is 1. The first-order chi connectivity index (χ1) is 14.5. The highest BCUT2D eigenvalue weighted by molar-refractivity contribution is 6.54. The third-order valence-corrected chi connectivity index (χ3v) is 6.68. The van der Waals surface area contributed by atoms with Gasteiger partial charge in [-0.25, -0.2) is 0 Å².